The Bertz CT molecular complexity index is 413. The lowest BCUT2D eigenvalue weighted by atomic mass is 9.75. The highest BCUT2D eigenvalue weighted by atomic mass is 16.4. The molecule has 0 bridgehead atoms. The van der Waals surface area contributed by atoms with Gasteiger partial charge in [-0.25, -0.2) is 4.79 Å². The molecule has 1 heterocycles. The summed E-state index contributed by atoms with van der Waals surface area (Å²) < 4.78 is 0. The van der Waals surface area contributed by atoms with Crippen molar-refractivity contribution in [2.24, 2.45) is 11.8 Å². The average molecular weight is 282 g/mol. The minimum absolute atomic E-state index is 0.149. The van der Waals surface area contributed by atoms with Gasteiger partial charge < -0.3 is 15.7 Å². The zero-order valence-corrected chi connectivity index (χ0v) is 11.8. The number of amides is 2. The SMILES string of the molecule is CCC1CCC(NC(=O)C2CNC(=O)C2)(C(=O)O)CC1. The molecule has 0 aromatic heterocycles. The molecule has 0 aromatic rings. The summed E-state index contributed by atoms with van der Waals surface area (Å²) in [5.41, 5.74) is -1.14. The van der Waals surface area contributed by atoms with E-state index < -0.39 is 17.4 Å². The van der Waals surface area contributed by atoms with Gasteiger partial charge in [0.05, 0.1) is 5.92 Å². The van der Waals surface area contributed by atoms with Gasteiger partial charge in [-0.15, -0.1) is 0 Å². The average Bonchev–Trinajstić information content (AvgIpc) is 2.86. The fraction of sp³-hybridized carbons (Fsp3) is 0.786. The fourth-order valence-electron chi connectivity index (χ4n) is 3.10. The lowest BCUT2D eigenvalue weighted by Gasteiger charge is -2.37. The first kappa shape index (κ1) is 14.8. The molecule has 1 atom stereocenters. The van der Waals surface area contributed by atoms with Crippen LogP contribution in [0.25, 0.3) is 0 Å². The van der Waals surface area contributed by atoms with Gasteiger partial charge in [0.25, 0.3) is 0 Å². The monoisotopic (exact) mass is 282 g/mol. The maximum atomic E-state index is 12.2. The van der Waals surface area contributed by atoms with Gasteiger partial charge in [0.2, 0.25) is 11.8 Å². The summed E-state index contributed by atoms with van der Waals surface area (Å²) in [4.78, 5) is 34.9. The summed E-state index contributed by atoms with van der Waals surface area (Å²) in [7, 11) is 0. The predicted molar refractivity (Wildman–Crippen MR) is 71.9 cm³/mol. The molecule has 1 aliphatic heterocycles. The normalized spacial score (nSPS) is 33.5. The lowest BCUT2D eigenvalue weighted by Crippen LogP contribution is -2.57. The number of hydrogen-bond acceptors (Lipinski definition) is 3. The van der Waals surface area contributed by atoms with E-state index in [1.807, 2.05) is 0 Å². The first-order valence-electron chi connectivity index (χ1n) is 7.29. The van der Waals surface area contributed by atoms with Crippen LogP contribution in [0.4, 0.5) is 0 Å². The maximum Gasteiger partial charge on any atom is 0.329 e. The highest BCUT2D eigenvalue weighted by Gasteiger charge is 2.44. The molecule has 0 aromatic carbocycles. The van der Waals surface area contributed by atoms with E-state index in [-0.39, 0.29) is 18.2 Å². The van der Waals surface area contributed by atoms with Crippen LogP contribution < -0.4 is 10.6 Å². The second-order valence-electron chi connectivity index (χ2n) is 5.93. The number of rotatable bonds is 4. The van der Waals surface area contributed by atoms with Crippen molar-refractivity contribution in [2.75, 3.05) is 6.54 Å². The molecule has 2 rings (SSSR count). The summed E-state index contributed by atoms with van der Waals surface area (Å²) in [6.45, 7) is 2.41. The van der Waals surface area contributed by atoms with Gasteiger partial charge >= 0.3 is 5.97 Å². The molecule has 1 saturated carbocycles. The van der Waals surface area contributed by atoms with Gasteiger partial charge in [0.15, 0.2) is 0 Å². The molecule has 112 valence electrons. The molecule has 6 nitrogen and oxygen atoms in total. The maximum absolute atomic E-state index is 12.2. The molecule has 3 N–H and O–H groups in total. The third-order valence-corrected chi connectivity index (χ3v) is 4.66. The van der Waals surface area contributed by atoms with Gasteiger partial charge in [-0.1, -0.05) is 13.3 Å². The molecule has 20 heavy (non-hydrogen) atoms. The van der Waals surface area contributed by atoms with Crippen molar-refractivity contribution < 1.29 is 19.5 Å². The standard InChI is InChI=1S/C14H22N2O4/c1-2-9-3-5-14(6-4-9,13(19)20)16-12(18)10-7-11(17)15-8-10/h9-10H,2-8H2,1H3,(H,15,17)(H,16,18)(H,19,20). The van der Waals surface area contributed by atoms with Crippen molar-refractivity contribution in [3.8, 4) is 0 Å². The Labute approximate surface area is 118 Å². The summed E-state index contributed by atoms with van der Waals surface area (Å²) >= 11 is 0. The molecule has 1 unspecified atom stereocenters. The number of aliphatic carboxylic acids is 1. The van der Waals surface area contributed by atoms with Crippen molar-refractivity contribution >= 4 is 17.8 Å². The first-order chi connectivity index (χ1) is 9.47. The van der Waals surface area contributed by atoms with Crippen LogP contribution in [0, 0.1) is 11.8 Å². The van der Waals surface area contributed by atoms with E-state index in [1.165, 1.54) is 0 Å². The zero-order chi connectivity index (χ0) is 14.8. The summed E-state index contributed by atoms with van der Waals surface area (Å²) in [5, 5.41) is 14.8. The Morgan fingerprint density at radius 2 is 2.05 bits per heavy atom. The van der Waals surface area contributed by atoms with Crippen LogP contribution in [0.2, 0.25) is 0 Å². The highest BCUT2D eigenvalue weighted by Crippen LogP contribution is 2.34. The minimum atomic E-state index is -1.14. The Morgan fingerprint density at radius 1 is 1.40 bits per heavy atom. The number of carbonyl (C=O) groups excluding carboxylic acids is 2. The van der Waals surface area contributed by atoms with E-state index in [4.69, 9.17) is 0 Å². The van der Waals surface area contributed by atoms with Gasteiger partial charge in [0.1, 0.15) is 5.54 Å². The number of carbonyl (C=O) groups is 3. The van der Waals surface area contributed by atoms with Crippen LogP contribution >= 0.6 is 0 Å². The molecular weight excluding hydrogens is 260 g/mol. The van der Waals surface area contributed by atoms with Crippen LogP contribution in [0.5, 0.6) is 0 Å². The number of carboxylic acids is 1. The number of nitrogens with one attached hydrogen (secondary N) is 2. The molecule has 0 spiro atoms. The van der Waals surface area contributed by atoms with E-state index in [9.17, 15) is 19.5 Å². The van der Waals surface area contributed by atoms with Crippen LogP contribution in [0.15, 0.2) is 0 Å². The van der Waals surface area contributed by atoms with E-state index in [0.717, 1.165) is 19.3 Å². The molecule has 6 heteroatoms. The summed E-state index contributed by atoms with van der Waals surface area (Å²) in [5.74, 6) is -1.32. The second-order valence-corrected chi connectivity index (χ2v) is 5.93. The lowest BCUT2D eigenvalue weighted by molar-refractivity contribution is -0.150. The Morgan fingerprint density at radius 3 is 2.50 bits per heavy atom. The molecule has 0 radical (unpaired) electrons. The summed E-state index contributed by atoms with van der Waals surface area (Å²) in [6, 6.07) is 0. The Kier molecular flexibility index (Phi) is 4.30. The molecule has 2 amide bonds. The molecule has 1 saturated heterocycles. The van der Waals surface area contributed by atoms with E-state index in [2.05, 4.69) is 17.6 Å². The molecule has 1 aliphatic carbocycles. The van der Waals surface area contributed by atoms with Gasteiger partial charge in [-0.3, -0.25) is 9.59 Å². The highest BCUT2D eigenvalue weighted by molar-refractivity contribution is 5.92. The van der Waals surface area contributed by atoms with Crippen LogP contribution in [0.3, 0.4) is 0 Å². The van der Waals surface area contributed by atoms with Gasteiger partial charge in [-0.05, 0) is 31.6 Å². The third kappa shape index (κ3) is 2.94. The zero-order valence-electron chi connectivity index (χ0n) is 11.8. The Hall–Kier alpha value is -1.59. The molecular formula is C14H22N2O4. The molecule has 2 aliphatic rings. The van der Waals surface area contributed by atoms with Crippen LogP contribution in [-0.2, 0) is 14.4 Å². The van der Waals surface area contributed by atoms with E-state index in [1.54, 1.807) is 0 Å². The molecule has 2 fully saturated rings. The van der Waals surface area contributed by atoms with Crippen LogP contribution in [-0.4, -0.2) is 35.0 Å². The number of carboxylic acid groups (broad SMARTS) is 1. The van der Waals surface area contributed by atoms with Crippen molar-refractivity contribution in [3.63, 3.8) is 0 Å². The topological polar surface area (TPSA) is 95.5 Å². The van der Waals surface area contributed by atoms with Crippen molar-refractivity contribution in [2.45, 2.75) is 51.0 Å². The van der Waals surface area contributed by atoms with Crippen LogP contribution in [0.1, 0.15) is 45.4 Å². The summed E-state index contributed by atoms with van der Waals surface area (Å²) in [6.07, 6.45) is 3.79. The fourth-order valence-corrected chi connectivity index (χ4v) is 3.10. The van der Waals surface area contributed by atoms with Gasteiger partial charge in [0, 0.05) is 13.0 Å². The third-order valence-electron chi connectivity index (χ3n) is 4.66. The van der Waals surface area contributed by atoms with Crippen molar-refractivity contribution in [3.05, 3.63) is 0 Å². The Balaban J connectivity index is 2.01. The van der Waals surface area contributed by atoms with Crippen molar-refractivity contribution in [1.29, 1.82) is 0 Å². The van der Waals surface area contributed by atoms with E-state index >= 15 is 0 Å². The minimum Gasteiger partial charge on any atom is -0.480 e. The smallest absolute Gasteiger partial charge is 0.329 e. The van der Waals surface area contributed by atoms with Crippen molar-refractivity contribution in [1.82, 2.24) is 10.6 Å². The van der Waals surface area contributed by atoms with Gasteiger partial charge in [-0.2, -0.15) is 0 Å². The first-order valence-corrected chi connectivity index (χ1v) is 7.29. The number of hydrogen-bond donors (Lipinski definition) is 3. The quantitative estimate of drug-likeness (QED) is 0.706. The van der Waals surface area contributed by atoms with E-state index in [0.29, 0.717) is 25.3 Å². The largest absolute Gasteiger partial charge is 0.480 e. The predicted octanol–water partition coefficient (Wildman–Crippen LogP) is 0.662. The second kappa shape index (κ2) is 5.81.